The fourth-order valence-electron chi connectivity index (χ4n) is 2.54. The van der Waals surface area contributed by atoms with E-state index in [4.69, 9.17) is 0 Å². The molecule has 0 radical (unpaired) electrons. The summed E-state index contributed by atoms with van der Waals surface area (Å²) in [5.74, 6) is 1.28. The van der Waals surface area contributed by atoms with Crippen molar-refractivity contribution in [3.05, 3.63) is 0 Å². The third-order valence-corrected chi connectivity index (χ3v) is 3.81. The van der Waals surface area contributed by atoms with E-state index in [0.29, 0.717) is 24.0 Å². The van der Waals surface area contributed by atoms with Crippen molar-refractivity contribution < 1.29 is 9.59 Å². The van der Waals surface area contributed by atoms with E-state index >= 15 is 0 Å². The molecule has 1 fully saturated rings. The van der Waals surface area contributed by atoms with Gasteiger partial charge in [0.15, 0.2) is 0 Å². The second-order valence-electron chi connectivity index (χ2n) is 6.12. The highest BCUT2D eigenvalue weighted by Gasteiger charge is 2.26. The second kappa shape index (κ2) is 9.92. The zero-order valence-electron chi connectivity index (χ0n) is 13.1. The Morgan fingerprint density at radius 2 is 1.65 bits per heavy atom. The fraction of sp³-hybridized carbons (Fsp3) is 0.875. The van der Waals surface area contributed by atoms with Gasteiger partial charge in [-0.25, -0.2) is 0 Å². The van der Waals surface area contributed by atoms with E-state index in [9.17, 15) is 9.59 Å². The molecule has 0 unspecified atom stereocenters. The van der Waals surface area contributed by atoms with Gasteiger partial charge in [-0.05, 0) is 32.2 Å². The van der Waals surface area contributed by atoms with Crippen molar-refractivity contribution in [2.24, 2.45) is 5.92 Å². The van der Waals surface area contributed by atoms with E-state index in [2.05, 4.69) is 12.2 Å². The molecule has 4 nitrogen and oxygen atoms in total. The lowest BCUT2D eigenvalue weighted by Gasteiger charge is -2.37. The number of likely N-dealkylation sites (tertiary alicyclic amines) is 1. The minimum absolute atomic E-state index is 0.292. The third-order valence-electron chi connectivity index (χ3n) is 3.81. The highest BCUT2D eigenvalue weighted by Crippen LogP contribution is 2.14. The minimum Gasteiger partial charge on any atom is -0.342 e. The van der Waals surface area contributed by atoms with E-state index in [0.717, 1.165) is 51.9 Å². The normalized spacial score (nSPS) is 15.2. The van der Waals surface area contributed by atoms with Gasteiger partial charge in [-0.1, -0.05) is 26.2 Å². The molecule has 20 heavy (non-hydrogen) atoms. The van der Waals surface area contributed by atoms with Gasteiger partial charge in [-0.15, -0.1) is 0 Å². The molecule has 1 rings (SSSR count). The Bertz CT molecular complexity index is 299. The quantitative estimate of drug-likeness (QED) is 0.592. The molecule has 1 saturated heterocycles. The van der Waals surface area contributed by atoms with Gasteiger partial charge in [0.05, 0.1) is 0 Å². The number of carbonyl (C=O) groups excluding carboxylic acids is 2. The Labute approximate surface area is 123 Å². The first-order valence-corrected chi connectivity index (χ1v) is 8.07. The van der Waals surface area contributed by atoms with E-state index in [1.54, 1.807) is 6.92 Å². The van der Waals surface area contributed by atoms with Crippen LogP contribution in [0.4, 0.5) is 0 Å². The molecule has 1 aliphatic rings. The lowest BCUT2D eigenvalue weighted by molar-refractivity contribution is -0.136. The molecule has 0 aliphatic carbocycles. The van der Waals surface area contributed by atoms with Crippen molar-refractivity contribution in [3.63, 3.8) is 0 Å². The number of carbonyl (C=O) groups is 2. The summed E-state index contributed by atoms with van der Waals surface area (Å²) in [6, 6.07) is 0. The first-order valence-electron chi connectivity index (χ1n) is 8.07. The SMILES string of the molecule is CC(=O)CCCCCCCNCCC(=O)N1CC(C)C1. The van der Waals surface area contributed by atoms with Gasteiger partial charge < -0.3 is 15.0 Å². The molecule has 0 bridgehead atoms. The van der Waals surface area contributed by atoms with Crippen molar-refractivity contribution in [2.75, 3.05) is 26.2 Å². The predicted octanol–water partition coefficient (Wildman–Crippen LogP) is 2.37. The van der Waals surface area contributed by atoms with Gasteiger partial charge in [0, 0.05) is 32.5 Å². The number of Topliss-reactive ketones (excluding diaryl/α,β-unsaturated/α-hetero) is 1. The third kappa shape index (κ3) is 7.63. The van der Waals surface area contributed by atoms with E-state index in [-0.39, 0.29) is 0 Å². The maximum Gasteiger partial charge on any atom is 0.223 e. The summed E-state index contributed by atoms with van der Waals surface area (Å²) in [4.78, 5) is 24.4. The Morgan fingerprint density at radius 1 is 1.00 bits per heavy atom. The molecule has 1 amide bonds. The van der Waals surface area contributed by atoms with Crippen LogP contribution in [0, 0.1) is 5.92 Å². The van der Waals surface area contributed by atoms with Crippen LogP contribution in [-0.4, -0.2) is 42.8 Å². The average molecular weight is 282 g/mol. The minimum atomic E-state index is 0.292. The molecular formula is C16H30N2O2. The number of hydrogen-bond acceptors (Lipinski definition) is 3. The number of rotatable bonds is 11. The summed E-state index contributed by atoms with van der Waals surface area (Å²) >= 11 is 0. The van der Waals surface area contributed by atoms with Crippen LogP contribution in [0.2, 0.25) is 0 Å². The zero-order valence-corrected chi connectivity index (χ0v) is 13.1. The first-order chi connectivity index (χ1) is 9.59. The summed E-state index contributed by atoms with van der Waals surface area (Å²) in [6.45, 7) is 7.52. The first kappa shape index (κ1) is 17.2. The predicted molar refractivity (Wildman–Crippen MR) is 81.6 cm³/mol. The van der Waals surface area contributed by atoms with Crippen molar-refractivity contribution in [3.8, 4) is 0 Å². The lowest BCUT2D eigenvalue weighted by Crippen LogP contribution is -2.49. The average Bonchev–Trinajstić information content (AvgIpc) is 2.36. The molecule has 0 atom stereocenters. The summed E-state index contributed by atoms with van der Waals surface area (Å²) in [5, 5.41) is 3.34. The Morgan fingerprint density at radius 3 is 2.30 bits per heavy atom. The Hall–Kier alpha value is -0.900. The van der Waals surface area contributed by atoms with Crippen LogP contribution in [-0.2, 0) is 9.59 Å². The van der Waals surface area contributed by atoms with Gasteiger partial charge in [-0.2, -0.15) is 0 Å². The van der Waals surface area contributed by atoms with Gasteiger partial charge in [0.2, 0.25) is 5.91 Å². The number of amides is 1. The molecule has 1 heterocycles. The largest absolute Gasteiger partial charge is 0.342 e. The van der Waals surface area contributed by atoms with E-state index in [1.807, 2.05) is 4.90 Å². The number of nitrogens with zero attached hydrogens (tertiary/aromatic N) is 1. The van der Waals surface area contributed by atoms with Crippen LogP contribution in [0.5, 0.6) is 0 Å². The topological polar surface area (TPSA) is 49.4 Å². The number of hydrogen-bond donors (Lipinski definition) is 1. The second-order valence-corrected chi connectivity index (χ2v) is 6.12. The standard InChI is InChI=1S/C16H30N2O2/c1-14-12-18(13-14)16(20)9-11-17-10-7-5-3-4-6-8-15(2)19/h14,17H,3-13H2,1-2H3. The Balaban J connectivity index is 1.78. The molecule has 1 aliphatic heterocycles. The number of unbranched alkanes of at least 4 members (excludes halogenated alkanes) is 4. The van der Waals surface area contributed by atoms with Gasteiger partial charge >= 0.3 is 0 Å². The fourth-order valence-corrected chi connectivity index (χ4v) is 2.54. The van der Waals surface area contributed by atoms with Crippen LogP contribution < -0.4 is 5.32 Å². The molecule has 0 aromatic rings. The monoisotopic (exact) mass is 282 g/mol. The molecule has 1 N–H and O–H groups in total. The highest BCUT2D eigenvalue weighted by molar-refractivity contribution is 5.77. The number of ketones is 1. The smallest absolute Gasteiger partial charge is 0.223 e. The van der Waals surface area contributed by atoms with Crippen LogP contribution in [0.15, 0.2) is 0 Å². The molecule has 4 heteroatoms. The molecule has 116 valence electrons. The molecule has 0 spiro atoms. The lowest BCUT2D eigenvalue weighted by atomic mass is 10.0. The number of nitrogens with one attached hydrogen (secondary N) is 1. The highest BCUT2D eigenvalue weighted by atomic mass is 16.2. The van der Waals surface area contributed by atoms with Crippen LogP contribution in [0.3, 0.4) is 0 Å². The van der Waals surface area contributed by atoms with Crippen molar-refractivity contribution in [1.29, 1.82) is 0 Å². The summed E-state index contributed by atoms with van der Waals surface area (Å²) in [6.07, 6.45) is 7.13. The van der Waals surface area contributed by atoms with Gasteiger partial charge in [0.25, 0.3) is 0 Å². The maximum absolute atomic E-state index is 11.7. The zero-order chi connectivity index (χ0) is 14.8. The summed E-state index contributed by atoms with van der Waals surface area (Å²) in [5.41, 5.74) is 0. The van der Waals surface area contributed by atoms with Crippen LogP contribution in [0.25, 0.3) is 0 Å². The van der Waals surface area contributed by atoms with Crippen molar-refractivity contribution in [2.45, 2.75) is 58.8 Å². The van der Waals surface area contributed by atoms with Crippen LogP contribution in [0.1, 0.15) is 58.8 Å². The van der Waals surface area contributed by atoms with Crippen molar-refractivity contribution >= 4 is 11.7 Å². The van der Waals surface area contributed by atoms with E-state index in [1.165, 1.54) is 12.8 Å². The summed E-state index contributed by atoms with van der Waals surface area (Å²) in [7, 11) is 0. The van der Waals surface area contributed by atoms with Gasteiger partial charge in [0.1, 0.15) is 5.78 Å². The summed E-state index contributed by atoms with van der Waals surface area (Å²) < 4.78 is 0. The molecule has 0 aromatic heterocycles. The molecule has 0 aromatic carbocycles. The molecular weight excluding hydrogens is 252 g/mol. The van der Waals surface area contributed by atoms with Crippen molar-refractivity contribution in [1.82, 2.24) is 10.2 Å². The van der Waals surface area contributed by atoms with Crippen LogP contribution >= 0.6 is 0 Å². The van der Waals surface area contributed by atoms with Gasteiger partial charge in [-0.3, -0.25) is 4.79 Å². The van der Waals surface area contributed by atoms with E-state index < -0.39 is 0 Å². The Kier molecular flexibility index (Phi) is 8.51. The maximum atomic E-state index is 11.7. The molecule has 0 saturated carbocycles.